The summed E-state index contributed by atoms with van der Waals surface area (Å²) in [5.41, 5.74) is 0. The molecule has 0 rings (SSSR count). The summed E-state index contributed by atoms with van der Waals surface area (Å²) in [6.45, 7) is -0.194. The van der Waals surface area contributed by atoms with E-state index >= 15 is 0 Å². The Morgan fingerprint density at radius 1 is 1.55 bits per heavy atom. The molecule has 0 heterocycles. The maximum absolute atomic E-state index is 10.3. The lowest BCUT2D eigenvalue weighted by Crippen LogP contribution is -2.30. The first-order chi connectivity index (χ1) is 4.92. The summed E-state index contributed by atoms with van der Waals surface area (Å²) < 4.78 is 20.5. The zero-order chi connectivity index (χ0) is 8.91. The number of nitrogens with two attached hydrogens (primary N) is 1. The number of carboxylic acids is 1. The molecule has 0 unspecified atom stereocenters. The van der Waals surface area contributed by atoms with E-state index < -0.39 is 16.0 Å². The van der Waals surface area contributed by atoms with Gasteiger partial charge in [-0.1, -0.05) is 0 Å². The molecule has 4 N–H and O–H groups in total. The van der Waals surface area contributed by atoms with Crippen LogP contribution in [0.1, 0.15) is 0 Å². The second-order valence-corrected chi connectivity index (χ2v) is 3.67. The minimum Gasteiger partial charge on any atom is -0.480 e. The van der Waals surface area contributed by atoms with Crippen molar-refractivity contribution in [2.75, 3.05) is 18.8 Å². The lowest BCUT2D eigenvalue weighted by molar-refractivity contribution is -0.135. The van der Waals surface area contributed by atoms with Crippen LogP contribution in [0.3, 0.4) is 0 Å². The molecular weight excluding hydrogens is 172 g/mol. The quantitative estimate of drug-likeness (QED) is 0.424. The van der Waals surface area contributed by atoms with Gasteiger partial charge in [-0.2, -0.15) is 0 Å². The van der Waals surface area contributed by atoms with Crippen LogP contribution in [0.2, 0.25) is 0 Å². The fourth-order valence-electron chi connectivity index (χ4n) is 0.410. The molecule has 0 fully saturated rings. The number of hydrogen-bond donors (Lipinski definition) is 3. The van der Waals surface area contributed by atoms with E-state index in [1.807, 2.05) is 0 Å². The number of aliphatic carboxylic acids is 1. The van der Waals surface area contributed by atoms with Gasteiger partial charge in [-0.25, -0.2) is 13.6 Å². The number of primary sulfonamides is 1. The highest BCUT2D eigenvalue weighted by Crippen LogP contribution is 1.73. The Morgan fingerprint density at radius 3 is 2.45 bits per heavy atom. The molecule has 66 valence electrons. The van der Waals surface area contributed by atoms with E-state index in [-0.39, 0.29) is 18.8 Å². The van der Waals surface area contributed by atoms with Gasteiger partial charge >= 0.3 is 5.97 Å². The second-order valence-electron chi connectivity index (χ2n) is 1.94. The summed E-state index contributed by atoms with van der Waals surface area (Å²) >= 11 is 0. The van der Waals surface area contributed by atoms with Gasteiger partial charge in [-0.3, -0.25) is 4.79 Å². The van der Waals surface area contributed by atoms with Crippen LogP contribution in [-0.2, 0) is 14.8 Å². The summed E-state index contributed by atoms with van der Waals surface area (Å²) in [5.74, 6) is -1.28. The lowest BCUT2D eigenvalue weighted by atomic mass is 10.6. The van der Waals surface area contributed by atoms with Crippen LogP contribution < -0.4 is 10.5 Å². The smallest absolute Gasteiger partial charge is 0.317 e. The van der Waals surface area contributed by atoms with Crippen LogP contribution in [0.5, 0.6) is 0 Å². The van der Waals surface area contributed by atoms with Crippen LogP contribution in [0.4, 0.5) is 0 Å². The average Bonchev–Trinajstić information content (AvgIpc) is 1.78. The van der Waals surface area contributed by atoms with E-state index in [1.54, 1.807) is 0 Å². The van der Waals surface area contributed by atoms with Crippen molar-refractivity contribution in [3.8, 4) is 0 Å². The summed E-state index contributed by atoms with van der Waals surface area (Å²) in [4.78, 5) is 9.88. The molecule has 0 saturated carbocycles. The van der Waals surface area contributed by atoms with E-state index in [9.17, 15) is 13.2 Å². The Hall–Kier alpha value is -0.660. The van der Waals surface area contributed by atoms with Gasteiger partial charge in [0.05, 0.1) is 12.3 Å². The zero-order valence-electron chi connectivity index (χ0n) is 5.78. The Kier molecular flexibility index (Phi) is 4.01. The Balaban J connectivity index is 3.37. The molecule has 0 aromatic rings. The van der Waals surface area contributed by atoms with Crippen LogP contribution >= 0.6 is 0 Å². The number of hydrogen-bond acceptors (Lipinski definition) is 4. The molecule has 0 bridgehead atoms. The van der Waals surface area contributed by atoms with E-state index in [2.05, 4.69) is 10.5 Å². The fraction of sp³-hybridized carbons (Fsp3) is 0.750. The van der Waals surface area contributed by atoms with Crippen LogP contribution in [0, 0.1) is 0 Å². The number of nitrogens with one attached hydrogen (secondary N) is 1. The zero-order valence-corrected chi connectivity index (χ0v) is 6.60. The van der Waals surface area contributed by atoms with E-state index in [4.69, 9.17) is 5.11 Å². The normalized spacial score (nSPS) is 11.4. The monoisotopic (exact) mass is 182 g/mol. The van der Waals surface area contributed by atoms with Crippen molar-refractivity contribution in [1.29, 1.82) is 0 Å². The number of carbonyl (C=O) groups is 1. The molecule has 0 amide bonds. The molecule has 0 radical (unpaired) electrons. The third-order valence-electron chi connectivity index (χ3n) is 0.840. The van der Waals surface area contributed by atoms with Crippen molar-refractivity contribution < 1.29 is 18.3 Å². The molecular formula is C4H10N2O4S. The van der Waals surface area contributed by atoms with Gasteiger partial charge in [0.15, 0.2) is 0 Å². The average molecular weight is 182 g/mol. The minimum absolute atomic E-state index is 0.0606. The van der Waals surface area contributed by atoms with Crippen molar-refractivity contribution in [3.05, 3.63) is 0 Å². The summed E-state index contributed by atoms with van der Waals surface area (Å²) in [6, 6.07) is 0. The molecule has 7 heteroatoms. The summed E-state index contributed by atoms with van der Waals surface area (Å²) in [5, 5.41) is 15.1. The standard InChI is InChI=1S/C4H10N2O4S/c5-11(9,10)2-1-6-3-4(7)8/h6H,1-3H2,(H,7,8)(H2,5,9,10). The largest absolute Gasteiger partial charge is 0.480 e. The molecule has 11 heavy (non-hydrogen) atoms. The predicted molar refractivity (Wildman–Crippen MR) is 38.5 cm³/mol. The first-order valence-corrected chi connectivity index (χ1v) is 4.56. The number of rotatable bonds is 5. The van der Waals surface area contributed by atoms with Gasteiger partial charge in [0.1, 0.15) is 0 Å². The Bertz CT molecular complexity index is 222. The van der Waals surface area contributed by atoms with Crippen molar-refractivity contribution in [1.82, 2.24) is 5.32 Å². The molecule has 0 aromatic heterocycles. The highest BCUT2D eigenvalue weighted by molar-refractivity contribution is 7.89. The number of sulfonamides is 1. The predicted octanol–water partition coefficient (Wildman–Crippen LogP) is -2.05. The SMILES string of the molecule is NS(=O)(=O)CCNCC(=O)O. The number of carboxylic acid groups (broad SMARTS) is 1. The van der Waals surface area contributed by atoms with Gasteiger partial charge in [0, 0.05) is 6.54 Å². The van der Waals surface area contributed by atoms with Crippen molar-refractivity contribution >= 4 is 16.0 Å². The second kappa shape index (κ2) is 4.27. The molecule has 0 saturated heterocycles. The molecule has 0 aliphatic heterocycles. The van der Waals surface area contributed by atoms with E-state index in [0.717, 1.165) is 0 Å². The van der Waals surface area contributed by atoms with Crippen molar-refractivity contribution in [3.63, 3.8) is 0 Å². The van der Waals surface area contributed by atoms with Crippen LogP contribution in [0.25, 0.3) is 0 Å². The highest BCUT2D eigenvalue weighted by Gasteiger charge is 2.01. The van der Waals surface area contributed by atoms with Crippen LogP contribution in [-0.4, -0.2) is 38.3 Å². The fourth-order valence-corrected chi connectivity index (χ4v) is 0.839. The summed E-state index contributed by atoms with van der Waals surface area (Å²) in [6.07, 6.45) is 0. The summed E-state index contributed by atoms with van der Waals surface area (Å²) in [7, 11) is -3.48. The molecule has 6 nitrogen and oxygen atoms in total. The van der Waals surface area contributed by atoms with Gasteiger partial charge in [-0.15, -0.1) is 0 Å². The van der Waals surface area contributed by atoms with E-state index in [0.29, 0.717) is 0 Å². The first kappa shape index (κ1) is 10.3. The molecule has 0 atom stereocenters. The van der Waals surface area contributed by atoms with Crippen molar-refractivity contribution in [2.24, 2.45) is 5.14 Å². The van der Waals surface area contributed by atoms with Gasteiger partial charge in [0.2, 0.25) is 10.0 Å². The van der Waals surface area contributed by atoms with Gasteiger partial charge in [-0.05, 0) is 0 Å². The lowest BCUT2D eigenvalue weighted by Gasteiger charge is -1.98. The first-order valence-electron chi connectivity index (χ1n) is 2.85. The third-order valence-corrected chi connectivity index (χ3v) is 1.61. The molecule has 0 spiro atoms. The van der Waals surface area contributed by atoms with Crippen LogP contribution in [0.15, 0.2) is 0 Å². The topological polar surface area (TPSA) is 109 Å². The highest BCUT2D eigenvalue weighted by atomic mass is 32.2. The maximum Gasteiger partial charge on any atom is 0.317 e. The Morgan fingerprint density at radius 2 is 2.09 bits per heavy atom. The van der Waals surface area contributed by atoms with Gasteiger partial charge in [0.25, 0.3) is 0 Å². The molecule has 0 aliphatic rings. The molecule has 0 aliphatic carbocycles. The maximum atomic E-state index is 10.3. The van der Waals surface area contributed by atoms with E-state index in [1.165, 1.54) is 0 Å². The minimum atomic E-state index is -3.48. The molecule has 0 aromatic carbocycles. The third kappa shape index (κ3) is 9.34. The Labute approximate surface area is 64.4 Å². The van der Waals surface area contributed by atoms with Crippen molar-refractivity contribution in [2.45, 2.75) is 0 Å². The van der Waals surface area contributed by atoms with Gasteiger partial charge < -0.3 is 10.4 Å².